The van der Waals surface area contributed by atoms with Crippen molar-refractivity contribution in [3.05, 3.63) is 41.2 Å². The minimum absolute atomic E-state index is 0.106. The van der Waals surface area contributed by atoms with Crippen molar-refractivity contribution in [1.82, 2.24) is 9.78 Å². The summed E-state index contributed by atoms with van der Waals surface area (Å²) in [6.45, 7) is 10.6. The van der Waals surface area contributed by atoms with E-state index in [1.54, 1.807) is 0 Å². The zero-order chi connectivity index (χ0) is 16.6. The lowest BCUT2D eigenvalue weighted by Crippen LogP contribution is -2.46. The van der Waals surface area contributed by atoms with Crippen LogP contribution in [0.5, 0.6) is 5.75 Å². The number of aliphatic hydroxyl groups is 1. The van der Waals surface area contributed by atoms with Crippen molar-refractivity contribution in [2.45, 2.75) is 46.4 Å². The number of para-hydroxylation sites is 2. The van der Waals surface area contributed by atoms with Crippen LogP contribution in [0.1, 0.15) is 30.8 Å². The number of rotatable bonds is 4. The first kappa shape index (κ1) is 15.9. The van der Waals surface area contributed by atoms with Crippen molar-refractivity contribution >= 4 is 5.69 Å². The molecule has 0 fully saturated rings. The summed E-state index contributed by atoms with van der Waals surface area (Å²) in [5, 5.41) is 13.7. The molecule has 0 spiro atoms. The number of aromatic nitrogens is 2. The summed E-state index contributed by atoms with van der Waals surface area (Å²) in [5.41, 5.74) is 4.28. The first-order valence-electron chi connectivity index (χ1n) is 8.08. The molecule has 1 aromatic carbocycles. The Bertz CT molecular complexity index is 706. The summed E-state index contributed by atoms with van der Waals surface area (Å²) in [7, 11) is 0. The van der Waals surface area contributed by atoms with E-state index in [-0.39, 0.29) is 12.2 Å². The van der Waals surface area contributed by atoms with Gasteiger partial charge >= 0.3 is 0 Å². The van der Waals surface area contributed by atoms with Crippen molar-refractivity contribution in [3.63, 3.8) is 0 Å². The van der Waals surface area contributed by atoms with E-state index in [0.29, 0.717) is 6.54 Å². The monoisotopic (exact) mass is 315 g/mol. The summed E-state index contributed by atoms with van der Waals surface area (Å²) < 4.78 is 7.99. The number of anilines is 1. The molecule has 23 heavy (non-hydrogen) atoms. The predicted molar refractivity (Wildman–Crippen MR) is 91.0 cm³/mol. The second-order valence-corrected chi connectivity index (χ2v) is 6.78. The molecule has 1 N–H and O–H groups in total. The lowest BCUT2D eigenvalue weighted by molar-refractivity contribution is 0.104. The number of aryl methyl sites for hydroxylation is 1. The number of hydrogen-bond donors (Lipinski definition) is 1. The molecule has 0 unspecified atom stereocenters. The second kappa shape index (κ2) is 5.89. The minimum atomic E-state index is -0.225. The van der Waals surface area contributed by atoms with E-state index in [1.807, 2.05) is 29.8 Å². The molecule has 5 heteroatoms. The number of nitrogens with zero attached hydrogens (tertiary/aromatic N) is 3. The molecule has 124 valence electrons. The highest BCUT2D eigenvalue weighted by molar-refractivity contribution is 5.61. The number of benzene rings is 1. The van der Waals surface area contributed by atoms with Crippen LogP contribution in [0, 0.1) is 13.8 Å². The Balaban J connectivity index is 1.94. The Morgan fingerprint density at radius 2 is 2.00 bits per heavy atom. The van der Waals surface area contributed by atoms with Crippen LogP contribution in [-0.2, 0) is 13.1 Å². The van der Waals surface area contributed by atoms with E-state index >= 15 is 0 Å². The molecule has 1 aromatic heterocycles. The molecule has 0 aliphatic carbocycles. The van der Waals surface area contributed by atoms with Gasteiger partial charge < -0.3 is 14.7 Å². The quantitative estimate of drug-likeness (QED) is 0.942. The first-order chi connectivity index (χ1) is 10.9. The normalized spacial score (nSPS) is 16.1. The van der Waals surface area contributed by atoms with Crippen molar-refractivity contribution in [3.8, 4) is 5.75 Å². The molecule has 1 aliphatic rings. The van der Waals surface area contributed by atoms with Gasteiger partial charge in [-0.15, -0.1) is 0 Å². The Kier molecular flexibility index (Phi) is 4.06. The topological polar surface area (TPSA) is 50.5 Å². The van der Waals surface area contributed by atoms with Crippen LogP contribution in [0.4, 0.5) is 5.69 Å². The third-order valence-electron chi connectivity index (χ3n) is 4.36. The van der Waals surface area contributed by atoms with Crippen LogP contribution < -0.4 is 9.64 Å². The summed E-state index contributed by atoms with van der Waals surface area (Å²) >= 11 is 0. The number of ether oxygens (including phenoxy) is 1. The highest BCUT2D eigenvalue weighted by Crippen LogP contribution is 2.37. The number of fused-ring (bicyclic) bond motifs is 1. The molecule has 2 aromatic rings. The molecular weight excluding hydrogens is 290 g/mol. The van der Waals surface area contributed by atoms with Gasteiger partial charge in [-0.05, 0) is 39.8 Å². The standard InChI is InChI=1S/C18H25N3O2/c1-13-15(14(2)21(19-13)9-10-22)11-20-12-18(3,4)23-17-8-6-5-7-16(17)20/h5-8,22H,9-12H2,1-4H3. The molecule has 1 aliphatic heterocycles. The minimum Gasteiger partial charge on any atom is -0.484 e. The predicted octanol–water partition coefficient (Wildman–Crippen LogP) is 2.67. The van der Waals surface area contributed by atoms with Crippen LogP contribution >= 0.6 is 0 Å². The molecule has 0 amide bonds. The van der Waals surface area contributed by atoms with Gasteiger partial charge in [0.2, 0.25) is 0 Å². The summed E-state index contributed by atoms with van der Waals surface area (Å²) in [4.78, 5) is 2.36. The van der Waals surface area contributed by atoms with Crippen LogP contribution in [0.25, 0.3) is 0 Å². The van der Waals surface area contributed by atoms with E-state index < -0.39 is 0 Å². The fourth-order valence-corrected chi connectivity index (χ4v) is 3.29. The molecule has 0 radical (unpaired) electrons. The third-order valence-corrected chi connectivity index (χ3v) is 4.36. The fraction of sp³-hybridized carbons (Fsp3) is 0.500. The number of hydrogen-bond acceptors (Lipinski definition) is 4. The Morgan fingerprint density at radius 1 is 1.26 bits per heavy atom. The Labute approximate surface area is 137 Å². The summed E-state index contributed by atoms with van der Waals surface area (Å²) in [6, 6.07) is 8.18. The van der Waals surface area contributed by atoms with Crippen molar-refractivity contribution in [2.24, 2.45) is 0 Å². The van der Waals surface area contributed by atoms with E-state index in [4.69, 9.17) is 4.74 Å². The van der Waals surface area contributed by atoms with Gasteiger partial charge in [0.25, 0.3) is 0 Å². The van der Waals surface area contributed by atoms with Crippen LogP contribution in [0.2, 0.25) is 0 Å². The maximum atomic E-state index is 9.18. The molecule has 0 atom stereocenters. The maximum absolute atomic E-state index is 9.18. The van der Waals surface area contributed by atoms with Crippen molar-refractivity contribution in [2.75, 3.05) is 18.1 Å². The Morgan fingerprint density at radius 3 is 2.74 bits per heavy atom. The lowest BCUT2D eigenvalue weighted by atomic mass is 10.0. The van der Waals surface area contributed by atoms with Gasteiger partial charge in [0.15, 0.2) is 0 Å². The largest absolute Gasteiger partial charge is 0.484 e. The molecule has 3 rings (SSSR count). The van der Waals surface area contributed by atoms with Gasteiger partial charge in [0.1, 0.15) is 11.4 Å². The fourth-order valence-electron chi connectivity index (χ4n) is 3.29. The van der Waals surface area contributed by atoms with E-state index in [0.717, 1.165) is 35.9 Å². The molecule has 0 saturated carbocycles. The molecule has 2 heterocycles. The van der Waals surface area contributed by atoms with Crippen molar-refractivity contribution < 1.29 is 9.84 Å². The summed E-state index contributed by atoms with van der Waals surface area (Å²) in [5.74, 6) is 0.932. The summed E-state index contributed by atoms with van der Waals surface area (Å²) in [6.07, 6.45) is 0. The maximum Gasteiger partial charge on any atom is 0.143 e. The SMILES string of the molecule is Cc1nn(CCO)c(C)c1CN1CC(C)(C)Oc2ccccc21. The highest BCUT2D eigenvalue weighted by Gasteiger charge is 2.32. The molecular formula is C18H25N3O2. The van der Waals surface area contributed by atoms with Gasteiger partial charge in [-0.25, -0.2) is 0 Å². The van der Waals surface area contributed by atoms with Crippen molar-refractivity contribution in [1.29, 1.82) is 0 Å². The molecule has 5 nitrogen and oxygen atoms in total. The van der Waals surface area contributed by atoms with E-state index in [2.05, 4.69) is 36.8 Å². The molecule has 0 saturated heterocycles. The smallest absolute Gasteiger partial charge is 0.143 e. The van der Waals surface area contributed by atoms with Gasteiger partial charge in [-0.3, -0.25) is 4.68 Å². The zero-order valence-electron chi connectivity index (χ0n) is 14.3. The average molecular weight is 315 g/mol. The van der Waals surface area contributed by atoms with Crippen LogP contribution in [-0.4, -0.2) is 33.6 Å². The van der Waals surface area contributed by atoms with Gasteiger partial charge in [-0.2, -0.15) is 5.10 Å². The van der Waals surface area contributed by atoms with E-state index in [9.17, 15) is 5.11 Å². The molecule has 0 bridgehead atoms. The van der Waals surface area contributed by atoms with Crippen LogP contribution in [0.3, 0.4) is 0 Å². The second-order valence-electron chi connectivity index (χ2n) is 6.78. The van der Waals surface area contributed by atoms with Gasteiger partial charge in [0.05, 0.1) is 31.1 Å². The third kappa shape index (κ3) is 3.06. The highest BCUT2D eigenvalue weighted by atomic mass is 16.5. The van der Waals surface area contributed by atoms with Gasteiger partial charge in [0, 0.05) is 17.8 Å². The zero-order valence-corrected chi connectivity index (χ0v) is 14.3. The lowest BCUT2D eigenvalue weighted by Gasteiger charge is -2.41. The average Bonchev–Trinajstić information content (AvgIpc) is 2.74. The van der Waals surface area contributed by atoms with E-state index in [1.165, 1.54) is 5.56 Å². The Hall–Kier alpha value is -2.01. The van der Waals surface area contributed by atoms with Crippen LogP contribution in [0.15, 0.2) is 24.3 Å². The van der Waals surface area contributed by atoms with Gasteiger partial charge in [-0.1, -0.05) is 12.1 Å². The first-order valence-corrected chi connectivity index (χ1v) is 8.08. The number of aliphatic hydroxyl groups excluding tert-OH is 1.